The van der Waals surface area contributed by atoms with Crippen molar-refractivity contribution >= 4 is 34.1 Å². The number of para-hydroxylation sites is 1. The predicted molar refractivity (Wildman–Crippen MR) is 108 cm³/mol. The van der Waals surface area contributed by atoms with E-state index in [0.717, 1.165) is 27.8 Å². The van der Waals surface area contributed by atoms with E-state index < -0.39 is 0 Å². The summed E-state index contributed by atoms with van der Waals surface area (Å²) in [5.74, 6) is 0.456. The number of carbonyl (C=O) groups is 1. The minimum Gasteiger partial charge on any atom is -0.322 e. The van der Waals surface area contributed by atoms with Crippen molar-refractivity contribution in [3.05, 3.63) is 82.6 Å². The molecule has 0 spiro atoms. The molecule has 0 saturated heterocycles. The number of anilines is 1. The average Bonchev–Trinajstić information content (AvgIpc) is 3.05. The van der Waals surface area contributed by atoms with Crippen LogP contribution in [0.5, 0.6) is 0 Å². The maximum atomic E-state index is 12.7. The molecule has 2 aromatic heterocycles. The topological polar surface area (TPSA) is 59.8 Å². The lowest BCUT2D eigenvalue weighted by Crippen LogP contribution is -2.14. The number of aryl methyl sites for hydroxylation is 1. The predicted octanol–water partition coefficient (Wildman–Crippen LogP) is 4.94. The largest absolute Gasteiger partial charge is 0.322 e. The number of benzene rings is 2. The quantitative estimate of drug-likeness (QED) is 0.550. The van der Waals surface area contributed by atoms with E-state index in [1.54, 1.807) is 23.0 Å². The van der Waals surface area contributed by atoms with Crippen LogP contribution in [-0.2, 0) is 0 Å². The Kier molecular flexibility index (Phi) is 4.38. The number of amides is 1. The summed E-state index contributed by atoms with van der Waals surface area (Å²) >= 11 is 5.98. The summed E-state index contributed by atoms with van der Waals surface area (Å²) in [6, 6.07) is 17.1. The van der Waals surface area contributed by atoms with Crippen molar-refractivity contribution in [3.8, 4) is 5.82 Å². The number of aromatic nitrogens is 3. The number of fused-ring (bicyclic) bond motifs is 1. The van der Waals surface area contributed by atoms with E-state index in [2.05, 4.69) is 15.4 Å². The normalized spacial score (nSPS) is 10.9. The van der Waals surface area contributed by atoms with Gasteiger partial charge in [0, 0.05) is 16.1 Å². The third-order valence-electron chi connectivity index (χ3n) is 4.49. The van der Waals surface area contributed by atoms with E-state index in [1.807, 2.05) is 56.3 Å². The minimum atomic E-state index is -0.218. The van der Waals surface area contributed by atoms with Gasteiger partial charge in [-0.15, -0.1) is 0 Å². The van der Waals surface area contributed by atoms with Crippen molar-refractivity contribution in [1.82, 2.24) is 14.8 Å². The lowest BCUT2D eigenvalue weighted by molar-refractivity contribution is 0.102. The molecule has 1 N–H and O–H groups in total. The third-order valence-corrected chi connectivity index (χ3v) is 4.73. The van der Waals surface area contributed by atoms with Gasteiger partial charge in [-0.3, -0.25) is 4.79 Å². The molecule has 0 aliphatic rings. The lowest BCUT2D eigenvalue weighted by atomic mass is 10.2. The minimum absolute atomic E-state index is 0.218. The van der Waals surface area contributed by atoms with Gasteiger partial charge < -0.3 is 5.32 Å². The fraction of sp³-hybridized carbons (Fsp3) is 0.0952. The molecule has 134 valence electrons. The zero-order valence-corrected chi connectivity index (χ0v) is 15.7. The van der Waals surface area contributed by atoms with Gasteiger partial charge in [-0.05, 0) is 55.8 Å². The van der Waals surface area contributed by atoms with Crippen LogP contribution in [0.4, 0.5) is 5.69 Å². The first kappa shape index (κ1) is 17.2. The van der Waals surface area contributed by atoms with Crippen LogP contribution in [0.3, 0.4) is 0 Å². The molecule has 0 atom stereocenters. The molecule has 27 heavy (non-hydrogen) atoms. The number of hydrogen-bond acceptors (Lipinski definition) is 3. The van der Waals surface area contributed by atoms with Gasteiger partial charge in [0.15, 0.2) is 5.82 Å². The molecule has 0 saturated carbocycles. The smallest absolute Gasteiger partial charge is 0.259 e. The molecule has 2 aromatic carbocycles. The SMILES string of the molecule is Cc1cc(Cl)ccc1NC(=O)c1cnn(-c2ccc3ccccc3n2)c1C. The third kappa shape index (κ3) is 3.29. The summed E-state index contributed by atoms with van der Waals surface area (Å²) in [5.41, 5.74) is 3.73. The van der Waals surface area contributed by atoms with Crippen molar-refractivity contribution in [2.45, 2.75) is 13.8 Å². The summed E-state index contributed by atoms with van der Waals surface area (Å²) in [4.78, 5) is 17.4. The number of pyridine rings is 1. The van der Waals surface area contributed by atoms with Crippen LogP contribution in [0.1, 0.15) is 21.6 Å². The Morgan fingerprint density at radius 1 is 1.07 bits per heavy atom. The zero-order valence-electron chi connectivity index (χ0n) is 14.9. The second-order valence-electron chi connectivity index (χ2n) is 6.33. The van der Waals surface area contributed by atoms with Crippen molar-refractivity contribution < 1.29 is 4.79 Å². The highest BCUT2D eigenvalue weighted by molar-refractivity contribution is 6.30. The molecule has 0 bridgehead atoms. The first-order chi connectivity index (χ1) is 13.0. The molecule has 2 heterocycles. The highest BCUT2D eigenvalue weighted by Crippen LogP contribution is 2.22. The second-order valence-corrected chi connectivity index (χ2v) is 6.77. The van der Waals surface area contributed by atoms with E-state index in [0.29, 0.717) is 16.4 Å². The number of halogens is 1. The van der Waals surface area contributed by atoms with Gasteiger partial charge in [-0.25, -0.2) is 9.67 Å². The molecule has 1 amide bonds. The van der Waals surface area contributed by atoms with Gasteiger partial charge in [0.25, 0.3) is 5.91 Å². The molecule has 0 aliphatic heterocycles. The molecular weight excluding hydrogens is 360 g/mol. The summed E-state index contributed by atoms with van der Waals surface area (Å²) in [7, 11) is 0. The maximum Gasteiger partial charge on any atom is 0.259 e. The fourth-order valence-corrected chi connectivity index (χ4v) is 3.22. The molecular formula is C21H17ClN4O. The molecule has 0 radical (unpaired) electrons. The van der Waals surface area contributed by atoms with Gasteiger partial charge in [0.1, 0.15) is 0 Å². The van der Waals surface area contributed by atoms with Crippen molar-refractivity contribution in [1.29, 1.82) is 0 Å². The summed E-state index contributed by atoms with van der Waals surface area (Å²) < 4.78 is 1.68. The number of hydrogen-bond donors (Lipinski definition) is 1. The summed E-state index contributed by atoms with van der Waals surface area (Å²) in [6.07, 6.45) is 1.56. The van der Waals surface area contributed by atoms with Gasteiger partial charge in [0.05, 0.1) is 23.0 Å². The number of nitrogens with one attached hydrogen (secondary N) is 1. The van der Waals surface area contributed by atoms with Crippen LogP contribution in [-0.4, -0.2) is 20.7 Å². The molecule has 0 fully saturated rings. The second kappa shape index (κ2) is 6.85. The fourth-order valence-electron chi connectivity index (χ4n) is 2.99. The summed E-state index contributed by atoms with van der Waals surface area (Å²) in [6.45, 7) is 3.75. The van der Waals surface area contributed by atoms with Crippen molar-refractivity contribution in [2.24, 2.45) is 0 Å². The van der Waals surface area contributed by atoms with Crippen molar-refractivity contribution in [2.75, 3.05) is 5.32 Å². The maximum absolute atomic E-state index is 12.7. The van der Waals surface area contributed by atoms with Crippen LogP contribution in [0, 0.1) is 13.8 Å². The monoisotopic (exact) mass is 376 g/mol. The molecule has 0 aliphatic carbocycles. The van der Waals surface area contributed by atoms with Crippen LogP contribution >= 0.6 is 11.6 Å². The highest BCUT2D eigenvalue weighted by Gasteiger charge is 2.17. The van der Waals surface area contributed by atoms with E-state index in [9.17, 15) is 4.79 Å². The average molecular weight is 377 g/mol. The van der Waals surface area contributed by atoms with Crippen LogP contribution in [0.15, 0.2) is 60.8 Å². The van der Waals surface area contributed by atoms with Crippen LogP contribution in [0.25, 0.3) is 16.7 Å². The van der Waals surface area contributed by atoms with Gasteiger partial charge >= 0.3 is 0 Å². The van der Waals surface area contributed by atoms with Crippen LogP contribution < -0.4 is 5.32 Å². The Morgan fingerprint density at radius 2 is 1.89 bits per heavy atom. The first-order valence-corrected chi connectivity index (χ1v) is 8.89. The van der Waals surface area contributed by atoms with Crippen molar-refractivity contribution in [3.63, 3.8) is 0 Å². The number of carbonyl (C=O) groups excluding carboxylic acids is 1. The zero-order chi connectivity index (χ0) is 19.0. The standard InChI is InChI=1S/C21H17ClN4O/c1-13-11-16(22)8-9-18(13)25-21(27)17-12-23-26(14(17)2)20-10-7-15-5-3-4-6-19(15)24-20/h3-12H,1-2H3,(H,25,27). The Hall–Kier alpha value is -3.18. The number of nitrogens with zero attached hydrogens (tertiary/aromatic N) is 3. The Balaban J connectivity index is 1.65. The van der Waals surface area contributed by atoms with Crippen LogP contribution in [0.2, 0.25) is 5.02 Å². The van der Waals surface area contributed by atoms with Gasteiger partial charge in [0.2, 0.25) is 0 Å². The Morgan fingerprint density at radius 3 is 2.70 bits per heavy atom. The Bertz CT molecular complexity index is 1170. The summed E-state index contributed by atoms with van der Waals surface area (Å²) in [5, 5.41) is 8.98. The molecule has 4 rings (SSSR count). The highest BCUT2D eigenvalue weighted by atomic mass is 35.5. The van der Waals surface area contributed by atoms with E-state index in [-0.39, 0.29) is 5.91 Å². The Labute approximate surface area is 161 Å². The van der Waals surface area contributed by atoms with E-state index in [1.165, 1.54) is 0 Å². The molecule has 6 heteroatoms. The molecule has 5 nitrogen and oxygen atoms in total. The van der Waals surface area contributed by atoms with Gasteiger partial charge in [-0.1, -0.05) is 29.8 Å². The van der Waals surface area contributed by atoms with E-state index >= 15 is 0 Å². The first-order valence-electron chi connectivity index (χ1n) is 8.51. The molecule has 4 aromatic rings. The van der Waals surface area contributed by atoms with Gasteiger partial charge in [-0.2, -0.15) is 5.10 Å². The molecule has 0 unspecified atom stereocenters. The lowest BCUT2D eigenvalue weighted by Gasteiger charge is -2.09. The van der Waals surface area contributed by atoms with E-state index in [4.69, 9.17) is 11.6 Å². The number of rotatable bonds is 3.